The Hall–Kier alpha value is -0.770. The van der Waals surface area contributed by atoms with Crippen LogP contribution >= 0.6 is 0 Å². The minimum Gasteiger partial charge on any atom is -0.377 e. The maximum absolute atomic E-state index is 6.01. The summed E-state index contributed by atoms with van der Waals surface area (Å²) < 4.78 is 6.01. The van der Waals surface area contributed by atoms with Crippen molar-refractivity contribution in [1.82, 2.24) is 10.6 Å². The van der Waals surface area contributed by atoms with E-state index in [9.17, 15) is 0 Å². The predicted octanol–water partition coefficient (Wildman–Crippen LogP) is 2.69. The van der Waals surface area contributed by atoms with Gasteiger partial charge in [0.15, 0.2) is 5.96 Å². The lowest BCUT2D eigenvalue weighted by molar-refractivity contribution is -0.171. The number of hydrogen-bond donors (Lipinski definition) is 2. The van der Waals surface area contributed by atoms with Gasteiger partial charge in [-0.3, -0.25) is 4.99 Å². The fraction of sp³-hybridized carbons (Fsp3) is 0.944. The highest BCUT2D eigenvalue weighted by atomic mass is 16.5. The lowest BCUT2D eigenvalue weighted by Crippen LogP contribution is -2.72. The maximum atomic E-state index is 6.01. The second kappa shape index (κ2) is 5.40. The van der Waals surface area contributed by atoms with E-state index < -0.39 is 0 Å². The highest BCUT2D eigenvalue weighted by molar-refractivity contribution is 5.80. The largest absolute Gasteiger partial charge is 0.377 e. The third-order valence-corrected chi connectivity index (χ3v) is 7.35. The highest BCUT2D eigenvalue weighted by Crippen LogP contribution is 2.62. The first-order chi connectivity index (χ1) is 10.7. The van der Waals surface area contributed by atoms with E-state index in [2.05, 4.69) is 22.5 Å². The first-order valence-corrected chi connectivity index (χ1v) is 9.32. The molecular formula is C18H31N3O. The molecule has 1 aliphatic heterocycles. The summed E-state index contributed by atoms with van der Waals surface area (Å²) in [5.74, 6) is 1.73. The van der Waals surface area contributed by atoms with Crippen molar-refractivity contribution < 1.29 is 4.74 Å². The molecule has 4 rings (SSSR count). The standard InChI is InChI=1S/C18H31N3O/c1-3-17(7-4-8-17)12-20-16(19-2)21-14-13-6-11-22-15(13)18(14)9-5-10-18/h13-15H,3-12H2,1-2H3,(H2,19,20,21). The zero-order valence-electron chi connectivity index (χ0n) is 14.2. The number of rotatable bonds is 4. The first-order valence-electron chi connectivity index (χ1n) is 9.32. The van der Waals surface area contributed by atoms with Crippen molar-refractivity contribution in [3.05, 3.63) is 0 Å². The molecule has 1 spiro atoms. The quantitative estimate of drug-likeness (QED) is 0.620. The van der Waals surface area contributed by atoms with E-state index in [-0.39, 0.29) is 0 Å². The number of ether oxygens (including phenoxy) is 1. The molecule has 0 bridgehead atoms. The topological polar surface area (TPSA) is 45.7 Å². The molecule has 4 fully saturated rings. The number of fused-ring (bicyclic) bond motifs is 2. The maximum Gasteiger partial charge on any atom is 0.191 e. The second-order valence-electron chi connectivity index (χ2n) is 8.09. The number of nitrogens with one attached hydrogen (secondary N) is 2. The lowest BCUT2D eigenvalue weighted by Gasteiger charge is -2.63. The van der Waals surface area contributed by atoms with Gasteiger partial charge in [-0.05, 0) is 43.9 Å². The molecule has 3 atom stereocenters. The van der Waals surface area contributed by atoms with Crippen LogP contribution in [0.1, 0.15) is 58.3 Å². The zero-order chi connectivity index (χ0) is 15.2. The van der Waals surface area contributed by atoms with Crippen LogP contribution in [0.5, 0.6) is 0 Å². The Kier molecular flexibility index (Phi) is 3.63. The summed E-state index contributed by atoms with van der Waals surface area (Å²) in [6.45, 7) is 4.36. The number of hydrogen-bond acceptors (Lipinski definition) is 2. The molecular weight excluding hydrogens is 274 g/mol. The zero-order valence-corrected chi connectivity index (χ0v) is 14.2. The lowest BCUT2D eigenvalue weighted by atomic mass is 9.46. The predicted molar refractivity (Wildman–Crippen MR) is 89.0 cm³/mol. The number of guanidine groups is 1. The van der Waals surface area contributed by atoms with E-state index in [1.54, 1.807) is 0 Å². The van der Waals surface area contributed by atoms with Crippen molar-refractivity contribution >= 4 is 5.96 Å². The van der Waals surface area contributed by atoms with Crippen molar-refractivity contribution in [3.8, 4) is 0 Å². The van der Waals surface area contributed by atoms with Gasteiger partial charge in [0.25, 0.3) is 0 Å². The van der Waals surface area contributed by atoms with E-state index in [4.69, 9.17) is 4.74 Å². The van der Waals surface area contributed by atoms with E-state index >= 15 is 0 Å². The number of nitrogens with zero attached hydrogens (tertiary/aromatic N) is 1. The molecule has 2 N–H and O–H groups in total. The summed E-state index contributed by atoms with van der Waals surface area (Å²) in [6, 6.07) is 0.582. The van der Waals surface area contributed by atoms with Gasteiger partial charge in [0, 0.05) is 37.6 Å². The van der Waals surface area contributed by atoms with Crippen LogP contribution in [0, 0.1) is 16.7 Å². The van der Waals surface area contributed by atoms with Crippen molar-refractivity contribution in [2.75, 3.05) is 20.2 Å². The molecule has 0 aromatic heterocycles. The Morgan fingerprint density at radius 1 is 1.23 bits per heavy atom. The molecule has 124 valence electrons. The van der Waals surface area contributed by atoms with Gasteiger partial charge in [-0.25, -0.2) is 0 Å². The molecule has 0 aromatic carbocycles. The summed E-state index contributed by atoms with van der Waals surface area (Å²) in [4.78, 5) is 4.50. The normalized spacial score (nSPS) is 37.7. The third-order valence-electron chi connectivity index (χ3n) is 7.35. The molecule has 3 aliphatic carbocycles. The third kappa shape index (κ3) is 2.02. The molecule has 1 saturated heterocycles. The van der Waals surface area contributed by atoms with Crippen LogP contribution in [-0.2, 0) is 4.74 Å². The highest BCUT2D eigenvalue weighted by Gasteiger charge is 2.66. The van der Waals surface area contributed by atoms with Crippen LogP contribution < -0.4 is 10.6 Å². The Balaban J connectivity index is 1.37. The van der Waals surface area contributed by atoms with E-state index in [0.717, 1.165) is 19.1 Å². The van der Waals surface area contributed by atoms with Crippen LogP contribution in [0.3, 0.4) is 0 Å². The summed E-state index contributed by atoms with van der Waals surface area (Å²) in [6.07, 6.45) is 11.2. The molecule has 4 heteroatoms. The first kappa shape index (κ1) is 14.8. The molecule has 4 aliphatic rings. The smallest absolute Gasteiger partial charge is 0.191 e. The van der Waals surface area contributed by atoms with Gasteiger partial charge < -0.3 is 15.4 Å². The minimum absolute atomic E-state index is 0.428. The molecule has 3 unspecified atom stereocenters. The van der Waals surface area contributed by atoms with Gasteiger partial charge in [-0.15, -0.1) is 0 Å². The van der Waals surface area contributed by atoms with Gasteiger partial charge in [0.2, 0.25) is 0 Å². The van der Waals surface area contributed by atoms with Crippen LogP contribution in [0.25, 0.3) is 0 Å². The van der Waals surface area contributed by atoms with Crippen molar-refractivity contribution in [1.29, 1.82) is 0 Å². The average Bonchev–Trinajstić information content (AvgIpc) is 2.85. The van der Waals surface area contributed by atoms with Crippen molar-refractivity contribution in [2.24, 2.45) is 21.7 Å². The van der Waals surface area contributed by atoms with Gasteiger partial charge in [0.1, 0.15) is 0 Å². The van der Waals surface area contributed by atoms with E-state index in [1.165, 1.54) is 51.4 Å². The fourth-order valence-electron chi connectivity index (χ4n) is 5.40. The number of aliphatic imine (C=N–C) groups is 1. The summed E-state index contributed by atoms with van der Waals surface area (Å²) in [5.41, 5.74) is 0.960. The van der Waals surface area contributed by atoms with Crippen LogP contribution in [0.4, 0.5) is 0 Å². The van der Waals surface area contributed by atoms with Gasteiger partial charge in [0.05, 0.1) is 6.10 Å². The van der Waals surface area contributed by atoms with Gasteiger partial charge >= 0.3 is 0 Å². The second-order valence-corrected chi connectivity index (χ2v) is 8.09. The molecule has 22 heavy (non-hydrogen) atoms. The Labute approximate surface area is 134 Å². The van der Waals surface area contributed by atoms with E-state index in [1.807, 2.05) is 7.05 Å². The molecule has 4 nitrogen and oxygen atoms in total. The van der Waals surface area contributed by atoms with Gasteiger partial charge in [-0.1, -0.05) is 19.8 Å². The van der Waals surface area contributed by atoms with Crippen molar-refractivity contribution in [3.63, 3.8) is 0 Å². The summed E-state index contributed by atoms with van der Waals surface area (Å²) in [5, 5.41) is 7.40. The molecule has 0 aromatic rings. The summed E-state index contributed by atoms with van der Waals surface area (Å²) >= 11 is 0. The minimum atomic E-state index is 0.428. The fourth-order valence-corrected chi connectivity index (χ4v) is 5.40. The van der Waals surface area contributed by atoms with Crippen LogP contribution in [0.15, 0.2) is 4.99 Å². The SMILES string of the molecule is CCC1(CNC(=NC)NC2C3CCOC3C23CCC3)CCC1. The monoisotopic (exact) mass is 305 g/mol. The molecule has 1 heterocycles. The average molecular weight is 305 g/mol. The van der Waals surface area contributed by atoms with Crippen LogP contribution in [-0.4, -0.2) is 38.3 Å². The van der Waals surface area contributed by atoms with Crippen molar-refractivity contribution in [2.45, 2.75) is 70.4 Å². The van der Waals surface area contributed by atoms with Crippen LogP contribution in [0.2, 0.25) is 0 Å². The molecule has 0 radical (unpaired) electrons. The Morgan fingerprint density at radius 3 is 2.55 bits per heavy atom. The summed E-state index contributed by atoms with van der Waals surface area (Å²) in [7, 11) is 1.91. The Morgan fingerprint density at radius 2 is 2.00 bits per heavy atom. The van der Waals surface area contributed by atoms with E-state index in [0.29, 0.717) is 28.9 Å². The molecule has 0 amide bonds. The Bertz CT molecular complexity index is 448. The molecule has 3 saturated carbocycles. The van der Waals surface area contributed by atoms with Gasteiger partial charge in [-0.2, -0.15) is 0 Å².